The zero-order valence-electron chi connectivity index (χ0n) is 13.6. The zero-order valence-corrected chi connectivity index (χ0v) is 16.4. The highest BCUT2D eigenvalue weighted by atomic mass is 32.2. The average Bonchev–Trinajstić information content (AvgIpc) is 2.28. The van der Waals surface area contributed by atoms with Gasteiger partial charge in [-0.05, 0) is 38.3 Å². The third-order valence-corrected chi connectivity index (χ3v) is 10.4. The Bertz CT molecular complexity index is 205. The first-order valence-electron chi connectivity index (χ1n) is 7.38. The van der Waals surface area contributed by atoms with Gasteiger partial charge in [0.15, 0.2) is 0 Å². The van der Waals surface area contributed by atoms with Crippen LogP contribution in [0.15, 0.2) is 0 Å². The van der Waals surface area contributed by atoms with Crippen LogP contribution in [-0.2, 0) is 13.3 Å². The van der Waals surface area contributed by atoms with Gasteiger partial charge in [0.1, 0.15) is 0 Å². The molecule has 3 nitrogen and oxygen atoms in total. The minimum Gasteiger partial charge on any atom is -0.374 e. The van der Waals surface area contributed by atoms with Gasteiger partial charge in [-0.3, -0.25) is 0 Å². The molecule has 0 unspecified atom stereocenters. The Kier molecular flexibility index (Phi) is 10.8. The average molecular weight is 325 g/mol. The zero-order chi connectivity index (χ0) is 14.8. The molecule has 0 amide bonds. The van der Waals surface area contributed by atoms with E-state index in [-0.39, 0.29) is 0 Å². The monoisotopic (exact) mass is 324 g/mol. The normalized spacial score (nSPS) is 12.9. The Morgan fingerprint density at radius 2 is 1.32 bits per heavy atom. The van der Waals surface area contributed by atoms with Gasteiger partial charge in [-0.1, -0.05) is 19.6 Å². The summed E-state index contributed by atoms with van der Waals surface area (Å²) in [6, 6.07) is 0.946. The van der Waals surface area contributed by atoms with Gasteiger partial charge in [0.2, 0.25) is 0 Å². The van der Waals surface area contributed by atoms with E-state index in [0.717, 1.165) is 12.5 Å². The van der Waals surface area contributed by atoms with Crippen molar-refractivity contribution in [1.82, 2.24) is 0 Å². The van der Waals surface area contributed by atoms with E-state index in [1.807, 2.05) is 20.8 Å². The largest absolute Gasteiger partial charge is 0.500 e. The molecule has 0 aliphatic rings. The molecule has 6 heteroatoms. The Morgan fingerprint density at radius 1 is 0.842 bits per heavy atom. The van der Waals surface area contributed by atoms with Gasteiger partial charge in [0.25, 0.3) is 0 Å². The van der Waals surface area contributed by atoms with Crippen LogP contribution < -0.4 is 0 Å². The highest BCUT2D eigenvalue weighted by molar-refractivity contribution is 8.00. The molecule has 0 aromatic carbocycles. The quantitative estimate of drug-likeness (QED) is 0.400. The highest BCUT2D eigenvalue weighted by Crippen LogP contribution is 2.21. The summed E-state index contributed by atoms with van der Waals surface area (Å²) in [6.45, 7) is 15.3. The van der Waals surface area contributed by atoms with E-state index < -0.39 is 16.9 Å². The van der Waals surface area contributed by atoms with Gasteiger partial charge in [-0.15, -0.1) is 0 Å². The molecule has 116 valence electrons. The summed E-state index contributed by atoms with van der Waals surface area (Å²) in [5.41, 5.74) is 0. The van der Waals surface area contributed by atoms with Gasteiger partial charge in [-0.25, -0.2) is 0 Å². The summed E-state index contributed by atoms with van der Waals surface area (Å²) in [5, 5.41) is 1.33. The third-order valence-electron chi connectivity index (χ3n) is 2.40. The predicted octanol–water partition coefficient (Wildman–Crippen LogP) is 4.04. The molecule has 0 spiro atoms. The van der Waals surface area contributed by atoms with Crippen LogP contribution in [0, 0.1) is 0 Å². The molecule has 0 fully saturated rings. The summed E-state index contributed by atoms with van der Waals surface area (Å²) in [5.74, 6) is 1.19. The molecule has 0 aromatic heterocycles. The van der Waals surface area contributed by atoms with Crippen LogP contribution in [0.4, 0.5) is 0 Å². The maximum absolute atomic E-state index is 5.85. The second-order valence-corrected chi connectivity index (χ2v) is 15.5. The lowest BCUT2D eigenvalue weighted by molar-refractivity contribution is 0.0712. The first-order valence-corrected chi connectivity index (χ1v) is 14.2. The Labute approximate surface area is 126 Å². The Balaban J connectivity index is 4.10. The highest BCUT2D eigenvalue weighted by Gasteiger charge is 2.39. The second-order valence-electron chi connectivity index (χ2n) is 5.70. The molecule has 0 aliphatic heterocycles. The summed E-state index contributed by atoms with van der Waals surface area (Å²) in [7, 11) is -3.31. The van der Waals surface area contributed by atoms with Crippen molar-refractivity contribution in [3.63, 3.8) is 0 Å². The molecule has 0 bridgehead atoms. The first-order chi connectivity index (χ1) is 8.89. The van der Waals surface area contributed by atoms with Crippen LogP contribution in [0.3, 0.4) is 0 Å². The first kappa shape index (κ1) is 19.7. The number of hydrogen-bond acceptors (Lipinski definition) is 4. The second kappa shape index (κ2) is 10.4. The molecule has 0 radical (unpaired) electrons. The minimum absolute atomic E-state index is 0.675. The lowest BCUT2D eigenvalue weighted by Gasteiger charge is -2.28. The number of thioether (sulfide) groups is 1. The maximum Gasteiger partial charge on any atom is 0.500 e. The number of rotatable bonds is 12. The van der Waals surface area contributed by atoms with Crippen LogP contribution in [0.25, 0.3) is 0 Å². The lowest BCUT2D eigenvalue weighted by Crippen LogP contribution is -2.46. The SMILES string of the molecule is CCO[Si](CCCSC[Si](C)(C)C)(OCC)OCC. The fourth-order valence-corrected chi connectivity index (χ4v) is 8.01. The van der Waals surface area contributed by atoms with Gasteiger partial charge in [0, 0.05) is 25.9 Å². The van der Waals surface area contributed by atoms with Gasteiger partial charge >= 0.3 is 8.80 Å². The molecular weight excluding hydrogens is 292 g/mol. The molecule has 19 heavy (non-hydrogen) atoms. The number of hydrogen-bond donors (Lipinski definition) is 0. The topological polar surface area (TPSA) is 27.7 Å². The van der Waals surface area contributed by atoms with Crippen molar-refractivity contribution >= 4 is 28.6 Å². The van der Waals surface area contributed by atoms with E-state index in [1.165, 1.54) is 11.1 Å². The van der Waals surface area contributed by atoms with Crippen molar-refractivity contribution in [3.05, 3.63) is 0 Å². The molecule has 0 aliphatic carbocycles. The Morgan fingerprint density at radius 3 is 1.68 bits per heavy atom. The minimum atomic E-state index is -2.39. The van der Waals surface area contributed by atoms with Crippen molar-refractivity contribution in [1.29, 1.82) is 0 Å². The summed E-state index contributed by atoms with van der Waals surface area (Å²) in [6.07, 6.45) is 1.13. The van der Waals surface area contributed by atoms with E-state index in [4.69, 9.17) is 13.3 Å². The van der Waals surface area contributed by atoms with Crippen LogP contribution in [0.5, 0.6) is 0 Å². The van der Waals surface area contributed by atoms with Crippen molar-refractivity contribution < 1.29 is 13.3 Å². The molecule has 0 saturated heterocycles. The van der Waals surface area contributed by atoms with Gasteiger partial charge in [0.05, 0.1) is 8.07 Å². The third kappa shape index (κ3) is 10.1. The molecule has 0 N–H and O–H groups in total. The summed E-state index contributed by atoms with van der Waals surface area (Å²) >= 11 is 2.07. The van der Waals surface area contributed by atoms with Crippen LogP contribution >= 0.6 is 11.8 Å². The lowest BCUT2D eigenvalue weighted by atomic mass is 10.6. The Hall–Kier alpha value is 0.664. The molecule has 0 atom stereocenters. The summed E-state index contributed by atoms with van der Waals surface area (Å²) < 4.78 is 17.6. The standard InChI is InChI=1S/C13H32O3SSi2/c1-7-14-19(15-8-2,16-9-3)12-10-11-17-13-18(4,5)6/h7-13H2,1-6H3. The van der Waals surface area contributed by atoms with Crippen molar-refractivity contribution in [2.24, 2.45) is 0 Å². The van der Waals surface area contributed by atoms with Crippen molar-refractivity contribution in [2.45, 2.75) is 52.9 Å². The van der Waals surface area contributed by atoms with E-state index in [0.29, 0.717) is 19.8 Å². The van der Waals surface area contributed by atoms with Crippen molar-refractivity contribution in [3.8, 4) is 0 Å². The fourth-order valence-electron chi connectivity index (χ4n) is 1.77. The van der Waals surface area contributed by atoms with E-state index in [1.54, 1.807) is 0 Å². The fraction of sp³-hybridized carbons (Fsp3) is 1.00. The molecule has 0 heterocycles. The van der Waals surface area contributed by atoms with Gasteiger partial charge in [-0.2, -0.15) is 11.8 Å². The molecule has 0 rings (SSSR count). The van der Waals surface area contributed by atoms with E-state index >= 15 is 0 Å². The van der Waals surface area contributed by atoms with E-state index in [9.17, 15) is 0 Å². The maximum atomic E-state index is 5.85. The molecule has 0 saturated carbocycles. The summed E-state index contributed by atoms with van der Waals surface area (Å²) in [4.78, 5) is 0. The van der Waals surface area contributed by atoms with Crippen molar-refractivity contribution in [2.75, 3.05) is 30.9 Å². The van der Waals surface area contributed by atoms with Gasteiger partial charge < -0.3 is 13.3 Å². The molecule has 0 aromatic rings. The smallest absolute Gasteiger partial charge is 0.374 e. The molecular formula is C13H32O3SSi2. The van der Waals surface area contributed by atoms with Crippen LogP contribution in [0.2, 0.25) is 25.7 Å². The van der Waals surface area contributed by atoms with Crippen LogP contribution in [0.1, 0.15) is 27.2 Å². The van der Waals surface area contributed by atoms with Crippen LogP contribution in [-0.4, -0.2) is 47.8 Å². The van der Waals surface area contributed by atoms with E-state index in [2.05, 4.69) is 31.4 Å². The predicted molar refractivity (Wildman–Crippen MR) is 90.7 cm³/mol.